The molecule has 5 heteroatoms. The SMILES string of the molecule is CC=CCCC1CCC2c3cc(F)c(-c4cc(F)c(Cl)c(F)c4)c(F)c3CCC2C1. The van der Waals surface area contributed by atoms with E-state index in [0.717, 1.165) is 56.2 Å². The quantitative estimate of drug-likeness (QED) is 0.256. The standard InChI is InChI=1S/C25H25ClF4/c1-2-3-4-5-14-6-8-17-15(10-14)7-9-18-19(17)13-20(27)23(25(18)30)16-11-21(28)24(26)22(29)12-16/h2-3,11-15,17H,4-10H2,1H3. The first-order chi connectivity index (χ1) is 14.4. The second-order valence-electron chi connectivity index (χ2n) is 8.60. The normalized spacial score (nSPS) is 23.5. The molecule has 0 saturated heterocycles. The van der Waals surface area contributed by atoms with Crippen LogP contribution in [0.1, 0.15) is 62.5 Å². The zero-order valence-corrected chi connectivity index (χ0v) is 17.7. The molecular weight excluding hydrogens is 412 g/mol. The van der Waals surface area contributed by atoms with E-state index in [0.29, 0.717) is 23.8 Å². The van der Waals surface area contributed by atoms with Gasteiger partial charge in [-0.05, 0) is 105 Å². The molecule has 2 aliphatic rings. The maximum Gasteiger partial charge on any atom is 0.145 e. The Hall–Kier alpha value is -1.81. The number of fused-ring (bicyclic) bond motifs is 3. The van der Waals surface area contributed by atoms with Crippen molar-refractivity contribution in [3.8, 4) is 11.1 Å². The summed E-state index contributed by atoms with van der Waals surface area (Å²) in [5.74, 6) is -2.26. The van der Waals surface area contributed by atoms with E-state index in [9.17, 15) is 8.78 Å². The van der Waals surface area contributed by atoms with E-state index in [1.807, 2.05) is 6.92 Å². The summed E-state index contributed by atoms with van der Waals surface area (Å²) in [6, 6.07) is 3.18. The molecule has 0 nitrogen and oxygen atoms in total. The summed E-state index contributed by atoms with van der Waals surface area (Å²) < 4.78 is 58.1. The van der Waals surface area contributed by atoms with Crippen LogP contribution in [-0.4, -0.2) is 0 Å². The minimum Gasteiger partial charge on any atom is -0.206 e. The molecule has 0 spiro atoms. The lowest BCUT2D eigenvalue weighted by molar-refractivity contribution is 0.201. The average molecular weight is 437 g/mol. The Morgan fingerprint density at radius 2 is 1.73 bits per heavy atom. The lowest BCUT2D eigenvalue weighted by Gasteiger charge is -2.41. The molecule has 2 aromatic rings. The van der Waals surface area contributed by atoms with Gasteiger partial charge < -0.3 is 0 Å². The van der Waals surface area contributed by atoms with E-state index in [-0.39, 0.29) is 17.0 Å². The van der Waals surface area contributed by atoms with E-state index in [2.05, 4.69) is 12.2 Å². The zero-order chi connectivity index (χ0) is 21.4. The van der Waals surface area contributed by atoms with E-state index in [1.165, 1.54) is 6.07 Å². The van der Waals surface area contributed by atoms with Gasteiger partial charge in [0, 0.05) is 0 Å². The molecule has 160 valence electrons. The van der Waals surface area contributed by atoms with Gasteiger partial charge in [-0.2, -0.15) is 0 Å². The number of halogens is 5. The summed E-state index contributed by atoms with van der Waals surface area (Å²) in [5, 5.41) is -0.674. The lowest BCUT2D eigenvalue weighted by Crippen LogP contribution is -2.29. The number of benzene rings is 2. The zero-order valence-electron chi connectivity index (χ0n) is 17.0. The average Bonchev–Trinajstić information content (AvgIpc) is 2.72. The van der Waals surface area contributed by atoms with Crippen LogP contribution in [0, 0.1) is 35.1 Å². The van der Waals surface area contributed by atoms with E-state index >= 15 is 8.78 Å². The van der Waals surface area contributed by atoms with Crippen LogP contribution in [0.5, 0.6) is 0 Å². The molecule has 2 aromatic carbocycles. The summed E-state index contributed by atoms with van der Waals surface area (Å²) in [6.45, 7) is 2.03. The van der Waals surface area contributed by atoms with Gasteiger partial charge in [-0.25, -0.2) is 17.6 Å². The maximum atomic E-state index is 15.4. The van der Waals surface area contributed by atoms with E-state index in [1.54, 1.807) is 0 Å². The van der Waals surface area contributed by atoms with Crippen molar-refractivity contribution in [2.45, 2.75) is 57.8 Å². The molecule has 2 aliphatic carbocycles. The molecule has 0 amide bonds. The molecule has 0 aliphatic heterocycles. The van der Waals surface area contributed by atoms with Crippen LogP contribution in [0.2, 0.25) is 5.02 Å². The Balaban J connectivity index is 1.65. The van der Waals surface area contributed by atoms with Crippen molar-refractivity contribution in [1.82, 2.24) is 0 Å². The van der Waals surface area contributed by atoms with Crippen molar-refractivity contribution in [2.24, 2.45) is 11.8 Å². The fourth-order valence-corrected chi connectivity index (χ4v) is 5.52. The first kappa shape index (κ1) is 21.4. The number of allylic oxidation sites excluding steroid dienone is 2. The molecule has 0 bridgehead atoms. The van der Waals surface area contributed by atoms with Crippen LogP contribution in [0.4, 0.5) is 17.6 Å². The molecular formula is C25H25ClF4. The summed E-state index contributed by atoms with van der Waals surface area (Å²) in [5.41, 5.74) is 0.700. The molecule has 3 atom stereocenters. The van der Waals surface area contributed by atoms with Crippen molar-refractivity contribution < 1.29 is 17.6 Å². The summed E-state index contributed by atoms with van der Waals surface area (Å²) >= 11 is 5.52. The third-order valence-electron chi connectivity index (χ3n) is 6.86. The van der Waals surface area contributed by atoms with Crippen molar-refractivity contribution in [1.29, 1.82) is 0 Å². The van der Waals surface area contributed by atoms with Crippen LogP contribution < -0.4 is 0 Å². The summed E-state index contributed by atoms with van der Waals surface area (Å²) in [4.78, 5) is 0. The molecule has 1 saturated carbocycles. The lowest BCUT2D eigenvalue weighted by atomic mass is 9.64. The second-order valence-corrected chi connectivity index (χ2v) is 8.98. The molecule has 0 N–H and O–H groups in total. The highest BCUT2D eigenvalue weighted by atomic mass is 35.5. The van der Waals surface area contributed by atoms with Crippen molar-refractivity contribution in [2.75, 3.05) is 0 Å². The minimum atomic E-state index is -1.03. The summed E-state index contributed by atoms with van der Waals surface area (Å²) in [6.07, 6.45) is 11.0. The first-order valence-corrected chi connectivity index (χ1v) is 11.0. The monoisotopic (exact) mass is 436 g/mol. The number of rotatable bonds is 4. The van der Waals surface area contributed by atoms with E-state index in [4.69, 9.17) is 11.6 Å². The van der Waals surface area contributed by atoms with Gasteiger partial charge in [-0.15, -0.1) is 0 Å². The Labute approximate surface area is 179 Å². The minimum absolute atomic E-state index is 0.156. The van der Waals surface area contributed by atoms with Crippen LogP contribution in [0.15, 0.2) is 30.4 Å². The third kappa shape index (κ3) is 3.91. The Morgan fingerprint density at radius 3 is 2.43 bits per heavy atom. The molecule has 0 heterocycles. The predicted molar refractivity (Wildman–Crippen MR) is 113 cm³/mol. The topological polar surface area (TPSA) is 0 Å². The van der Waals surface area contributed by atoms with Crippen molar-refractivity contribution >= 4 is 11.6 Å². The van der Waals surface area contributed by atoms with Gasteiger partial charge in [0.1, 0.15) is 28.3 Å². The van der Waals surface area contributed by atoms with Gasteiger partial charge >= 0.3 is 0 Å². The molecule has 1 fully saturated rings. The molecule has 4 rings (SSSR count). The Bertz CT molecular complexity index is 959. The fraction of sp³-hybridized carbons (Fsp3) is 0.440. The second kappa shape index (κ2) is 8.74. The van der Waals surface area contributed by atoms with Gasteiger partial charge in [-0.1, -0.05) is 23.8 Å². The fourth-order valence-electron chi connectivity index (χ4n) is 5.41. The van der Waals surface area contributed by atoms with Crippen molar-refractivity contribution in [3.63, 3.8) is 0 Å². The first-order valence-electron chi connectivity index (χ1n) is 10.7. The molecule has 30 heavy (non-hydrogen) atoms. The largest absolute Gasteiger partial charge is 0.206 e. The molecule has 3 unspecified atom stereocenters. The van der Waals surface area contributed by atoms with E-state index < -0.39 is 28.3 Å². The van der Waals surface area contributed by atoms with Gasteiger partial charge in [0.2, 0.25) is 0 Å². The van der Waals surface area contributed by atoms with Crippen LogP contribution in [0.3, 0.4) is 0 Å². The maximum absolute atomic E-state index is 15.4. The predicted octanol–water partition coefficient (Wildman–Crippen LogP) is 8.37. The number of hydrogen-bond acceptors (Lipinski definition) is 0. The van der Waals surface area contributed by atoms with Gasteiger partial charge in [0.25, 0.3) is 0 Å². The molecule has 0 radical (unpaired) electrons. The van der Waals surface area contributed by atoms with Crippen molar-refractivity contribution in [3.05, 3.63) is 69.8 Å². The summed E-state index contributed by atoms with van der Waals surface area (Å²) in [7, 11) is 0. The highest BCUT2D eigenvalue weighted by Gasteiger charge is 2.37. The third-order valence-corrected chi connectivity index (χ3v) is 7.22. The highest BCUT2D eigenvalue weighted by Crippen LogP contribution is 2.49. The van der Waals surface area contributed by atoms with Gasteiger partial charge in [0.15, 0.2) is 0 Å². The van der Waals surface area contributed by atoms with Gasteiger partial charge in [0.05, 0.1) is 5.56 Å². The van der Waals surface area contributed by atoms with Gasteiger partial charge in [-0.3, -0.25) is 0 Å². The highest BCUT2D eigenvalue weighted by molar-refractivity contribution is 6.31. The van der Waals surface area contributed by atoms with Crippen LogP contribution in [0.25, 0.3) is 11.1 Å². The van der Waals surface area contributed by atoms with Crippen LogP contribution >= 0.6 is 11.6 Å². The number of hydrogen-bond donors (Lipinski definition) is 0. The Kier molecular flexibility index (Phi) is 6.24. The Morgan fingerprint density at radius 1 is 1.00 bits per heavy atom. The smallest absolute Gasteiger partial charge is 0.145 e. The molecule has 0 aromatic heterocycles. The van der Waals surface area contributed by atoms with Crippen LogP contribution in [-0.2, 0) is 6.42 Å².